The Hall–Kier alpha value is -0.861. The summed E-state index contributed by atoms with van der Waals surface area (Å²) < 4.78 is 0. The Balaban J connectivity index is 0.000000245. The minimum Gasteiger partial charge on any atom is -0.394 e. The molecular weight excluding hydrogens is 232 g/mol. The van der Waals surface area contributed by atoms with Crippen molar-refractivity contribution < 1.29 is 27.3 Å². The third-order valence-corrected chi connectivity index (χ3v) is 1.83. The van der Waals surface area contributed by atoms with E-state index < -0.39 is 0 Å². The molecule has 0 unspecified atom stereocenters. The molecule has 15 heavy (non-hydrogen) atoms. The molecule has 2 nitrogen and oxygen atoms in total. The summed E-state index contributed by atoms with van der Waals surface area (Å²) in [5.74, 6) is 0. The molecule has 2 aromatic rings. The zero-order valence-electron chi connectivity index (χ0n) is 8.28. The monoisotopic (exact) mass is 246 g/mol. The number of aliphatic hydroxyl groups excluding tert-OH is 2. The molecule has 3 heteroatoms. The average Bonchev–Trinajstić information content (AvgIpc) is 2.92. The molecule has 0 aliphatic carbocycles. The maximum atomic E-state index is 8.43. The van der Waals surface area contributed by atoms with E-state index in [1.54, 1.807) is 0 Å². The quantitative estimate of drug-likeness (QED) is 0.626. The minimum absolute atomic E-state index is 0. The number of hydrogen-bond donors (Lipinski definition) is 2. The second kappa shape index (κ2) is 8.45. The normalized spacial score (nSPS) is 8.67. The molecule has 82 valence electrons. The topological polar surface area (TPSA) is 40.5 Å². The van der Waals surface area contributed by atoms with Crippen LogP contribution in [0, 0.1) is 0 Å². The molecule has 0 atom stereocenters. The van der Waals surface area contributed by atoms with Crippen LogP contribution in [0.5, 0.6) is 0 Å². The van der Waals surface area contributed by atoms with Crippen molar-refractivity contribution in [2.75, 3.05) is 0 Å². The van der Waals surface area contributed by atoms with Crippen LogP contribution in [0.15, 0.2) is 48.5 Å². The van der Waals surface area contributed by atoms with Crippen molar-refractivity contribution in [3.8, 4) is 0 Å². The molecule has 0 aliphatic heterocycles. The van der Waals surface area contributed by atoms with E-state index >= 15 is 0 Å². The zero-order chi connectivity index (χ0) is 10.2. The van der Waals surface area contributed by atoms with Crippen molar-refractivity contribution >= 4 is 0 Å². The van der Waals surface area contributed by atoms with Gasteiger partial charge in [-0.1, -0.05) is 0 Å². The number of aliphatic hydroxyl groups is 2. The molecule has 0 radical (unpaired) electrons. The number of hydrogen-bond acceptors (Lipinski definition) is 2. The van der Waals surface area contributed by atoms with E-state index in [1.165, 1.54) is 0 Å². The van der Waals surface area contributed by atoms with Gasteiger partial charge in [-0.2, -0.15) is 24.3 Å². The van der Waals surface area contributed by atoms with Crippen LogP contribution in [0.2, 0.25) is 0 Å². The second-order valence-corrected chi connectivity index (χ2v) is 2.90. The van der Waals surface area contributed by atoms with Crippen LogP contribution in [0.25, 0.3) is 0 Å². The summed E-state index contributed by atoms with van der Waals surface area (Å²) in [5, 5.41) is 16.9. The molecule has 0 saturated carbocycles. The number of rotatable bonds is 2. The van der Waals surface area contributed by atoms with Gasteiger partial charge in [0.15, 0.2) is 0 Å². The first-order valence-electron chi connectivity index (χ1n) is 4.49. The minimum atomic E-state index is 0. The fourth-order valence-corrected chi connectivity index (χ4v) is 1.04. The fourth-order valence-electron chi connectivity index (χ4n) is 1.04. The van der Waals surface area contributed by atoms with Gasteiger partial charge in [0.05, 0.1) is 0 Å². The van der Waals surface area contributed by atoms with Gasteiger partial charge in [-0.3, -0.25) is 0 Å². The Labute approximate surface area is 100 Å². The van der Waals surface area contributed by atoms with Crippen molar-refractivity contribution in [2.45, 2.75) is 13.2 Å². The van der Waals surface area contributed by atoms with Crippen LogP contribution in [-0.4, -0.2) is 10.2 Å². The Bertz CT molecular complexity index is 277. The second-order valence-electron chi connectivity index (χ2n) is 2.90. The van der Waals surface area contributed by atoms with Crippen molar-refractivity contribution in [3.05, 3.63) is 59.7 Å². The Kier molecular flexibility index (Phi) is 7.96. The van der Waals surface area contributed by atoms with Crippen molar-refractivity contribution in [3.63, 3.8) is 0 Å². The van der Waals surface area contributed by atoms with Gasteiger partial charge in [-0.05, 0) is 0 Å². The van der Waals surface area contributed by atoms with E-state index in [2.05, 4.69) is 0 Å². The molecule has 0 aliphatic rings. The van der Waals surface area contributed by atoms with E-state index in [-0.39, 0.29) is 30.3 Å². The van der Waals surface area contributed by atoms with Gasteiger partial charge in [-0.25, -0.2) is 24.3 Å². The maximum Gasteiger partial charge on any atom is 2.00 e. The van der Waals surface area contributed by atoms with Gasteiger partial charge in [0, 0.05) is 13.2 Å². The van der Waals surface area contributed by atoms with Crippen LogP contribution >= 0.6 is 0 Å². The Morgan fingerprint density at radius 2 is 1.27 bits per heavy atom. The van der Waals surface area contributed by atoms with Crippen LogP contribution in [0.4, 0.5) is 0 Å². The average molecular weight is 246 g/mol. The van der Waals surface area contributed by atoms with Crippen LogP contribution in [-0.2, 0) is 30.3 Å². The van der Waals surface area contributed by atoms with Crippen LogP contribution in [0.3, 0.4) is 0 Å². The van der Waals surface area contributed by atoms with Gasteiger partial charge in [-0.15, -0.1) is 11.1 Å². The zero-order valence-corrected chi connectivity index (χ0v) is 9.39. The first-order chi connectivity index (χ1) is 6.86. The molecule has 2 rings (SSSR count). The predicted octanol–water partition coefficient (Wildman–Crippen LogP) is 1.79. The molecule has 0 spiro atoms. The third-order valence-electron chi connectivity index (χ3n) is 1.83. The largest absolute Gasteiger partial charge is 2.00 e. The summed E-state index contributed by atoms with van der Waals surface area (Å²) in [7, 11) is 0. The summed E-state index contributed by atoms with van der Waals surface area (Å²) >= 11 is 0. The van der Waals surface area contributed by atoms with Gasteiger partial charge >= 0.3 is 17.1 Å². The van der Waals surface area contributed by atoms with Gasteiger partial charge in [0.25, 0.3) is 0 Å². The third kappa shape index (κ3) is 5.55. The van der Waals surface area contributed by atoms with Crippen molar-refractivity contribution in [1.82, 2.24) is 0 Å². The van der Waals surface area contributed by atoms with E-state index in [0.717, 1.165) is 11.1 Å². The van der Waals surface area contributed by atoms with Crippen molar-refractivity contribution in [1.29, 1.82) is 0 Å². The molecule has 0 saturated heterocycles. The van der Waals surface area contributed by atoms with E-state index in [1.807, 2.05) is 48.5 Å². The van der Waals surface area contributed by atoms with Crippen LogP contribution in [0.1, 0.15) is 11.1 Å². The smallest absolute Gasteiger partial charge is 0.394 e. The molecule has 2 N–H and O–H groups in total. The van der Waals surface area contributed by atoms with Crippen molar-refractivity contribution in [2.24, 2.45) is 0 Å². The van der Waals surface area contributed by atoms with Gasteiger partial charge in [0.2, 0.25) is 0 Å². The van der Waals surface area contributed by atoms with Gasteiger partial charge < -0.3 is 10.2 Å². The summed E-state index contributed by atoms with van der Waals surface area (Å²) in [6.45, 7) is 0.319. The molecular formula is C12H14FeO2. The fraction of sp³-hybridized carbons (Fsp3) is 0.167. The summed E-state index contributed by atoms with van der Waals surface area (Å²) in [5.41, 5.74) is 1.97. The Morgan fingerprint density at radius 3 is 1.40 bits per heavy atom. The SMILES string of the molecule is OCc1ccc[cH-]1.OCc1ccc[cH-]1.[Fe+2]. The van der Waals surface area contributed by atoms with Gasteiger partial charge in [0.1, 0.15) is 0 Å². The maximum absolute atomic E-state index is 8.43. The molecule has 0 aromatic heterocycles. The van der Waals surface area contributed by atoms with E-state index in [4.69, 9.17) is 10.2 Å². The first-order valence-corrected chi connectivity index (χ1v) is 4.49. The standard InChI is InChI=1S/2C6H7O.Fe/c2*7-5-6-3-1-2-4-6;/h2*1-4,7H,5H2;/q2*-1;+2. The molecule has 0 fully saturated rings. The molecule has 0 bridgehead atoms. The molecule has 0 heterocycles. The van der Waals surface area contributed by atoms with Crippen LogP contribution < -0.4 is 0 Å². The summed E-state index contributed by atoms with van der Waals surface area (Å²) in [4.78, 5) is 0. The molecule has 0 amide bonds. The Morgan fingerprint density at radius 1 is 0.867 bits per heavy atom. The summed E-state index contributed by atoms with van der Waals surface area (Å²) in [6, 6.07) is 15.2. The van der Waals surface area contributed by atoms with E-state index in [0.29, 0.717) is 0 Å². The molecule has 2 aromatic carbocycles. The summed E-state index contributed by atoms with van der Waals surface area (Å²) in [6.07, 6.45) is 0. The first kappa shape index (κ1) is 14.1. The van der Waals surface area contributed by atoms with E-state index in [9.17, 15) is 0 Å². The predicted molar refractivity (Wildman–Crippen MR) is 55.9 cm³/mol.